The van der Waals surface area contributed by atoms with E-state index in [2.05, 4.69) is 37.0 Å². The maximum atomic E-state index is 6.29. The molecule has 2 aliphatic heterocycles. The van der Waals surface area contributed by atoms with Crippen LogP contribution in [0.3, 0.4) is 0 Å². The Labute approximate surface area is 148 Å². The minimum Gasteiger partial charge on any atom is -0.371 e. The summed E-state index contributed by atoms with van der Waals surface area (Å²) < 4.78 is 8.38. The molecule has 2 saturated heterocycles. The van der Waals surface area contributed by atoms with Crippen LogP contribution in [-0.2, 0) is 18.3 Å². The Morgan fingerprint density at radius 3 is 3.04 bits per heavy atom. The standard InChI is InChI=1S/C18H26N6O/c1-14-4-5-16(22-21-14)20-15-10-18(25-12-15)6-3-8-24(13-18)11-17-19-7-9-23(17)2/h4-5,7,9,15H,3,6,8,10-13H2,1-2H3,(H,20,22)/t15-,18-/m0/s1. The highest BCUT2D eigenvalue weighted by Crippen LogP contribution is 2.36. The van der Waals surface area contributed by atoms with E-state index >= 15 is 0 Å². The Balaban J connectivity index is 1.37. The number of ether oxygens (including phenoxy) is 1. The van der Waals surface area contributed by atoms with Gasteiger partial charge in [-0.2, -0.15) is 5.10 Å². The molecule has 1 N–H and O–H groups in total. The van der Waals surface area contributed by atoms with E-state index in [-0.39, 0.29) is 5.60 Å². The molecule has 0 aliphatic carbocycles. The number of likely N-dealkylation sites (tertiary alicyclic amines) is 1. The summed E-state index contributed by atoms with van der Waals surface area (Å²) in [4.78, 5) is 6.93. The smallest absolute Gasteiger partial charge is 0.148 e. The van der Waals surface area contributed by atoms with E-state index in [1.54, 1.807) is 0 Å². The molecule has 2 aromatic rings. The number of hydrogen-bond donors (Lipinski definition) is 1. The Hall–Kier alpha value is -1.99. The van der Waals surface area contributed by atoms with Gasteiger partial charge < -0.3 is 14.6 Å². The number of nitrogens with one attached hydrogen (secondary N) is 1. The highest BCUT2D eigenvalue weighted by molar-refractivity contribution is 5.34. The van der Waals surface area contributed by atoms with Crippen LogP contribution in [-0.4, -0.2) is 56.0 Å². The van der Waals surface area contributed by atoms with Crippen LogP contribution in [0.5, 0.6) is 0 Å². The Kier molecular flexibility index (Phi) is 4.43. The molecule has 2 atom stereocenters. The zero-order chi connectivity index (χ0) is 17.3. The predicted octanol–water partition coefficient (Wildman–Crippen LogP) is 1.75. The van der Waals surface area contributed by atoms with Crippen molar-refractivity contribution in [2.75, 3.05) is 25.0 Å². The van der Waals surface area contributed by atoms with Gasteiger partial charge in [-0.3, -0.25) is 4.90 Å². The third kappa shape index (κ3) is 3.67. The van der Waals surface area contributed by atoms with Gasteiger partial charge in [0.15, 0.2) is 0 Å². The monoisotopic (exact) mass is 342 g/mol. The molecule has 4 heterocycles. The number of nitrogens with zero attached hydrogens (tertiary/aromatic N) is 5. The van der Waals surface area contributed by atoms with Crippen molar-refractivity contribution in [1.29, 1.82) is 0 Å². The molecule has 7 heteroatoms. The summed E-state index contributed by atoms with van der Waals surface area (Å²) in [6.45, 7) is 5.64. The van der Waals surface area contributed by atoms with Gasteiger partial charge in [-0.25, -0.2) is 4.98 Å². The maximum absolute atomic E-state index is 6.29. The van der Waals surface area contributed by atoms with E-state index in [0.29, 0.717) is 6.04 Å². The fourth-order valence-electron chi connectivity index (χ4n) is 3.98. The molecule has 0 amide bonds. The number of imidazole rings is 1. The molecule has 0 radical (unpaired) electrons. The van der Waals surface area contributed by atoms with Crippen molar-refractivity contribution in [2.45, 2.75) is 44.4 Å². The van der Waals surface area contributed by atoms with Crippen LogP contribution in [0.4, 0.5) is 5.82 Å². The molecule has 0 unspecified atom stereocenters. The molecule has 134 valence electrons. The molecular formula is C18H26N6O. The van der Waals surface area contributed by atoms with Gasteiger partial charge in [0, 0.05) is 32.4 Å². The van der Waals surface area contributed by atoms with Crippen LogP contribution in [0.15, 0.2) is 24.5 Å². The number of hydrogen-bond acceptors (Lipinski definition) is 6. The number of aryl methyl sites for hydroxylation is 2. The van der Waals surface area contributed by atoms with E-state index in [9.17, 15) is 0 Å². The number of anilines is 1. The first-order valence-electron chi connectivity index (χ1n) is 9.01. The lowest BCUT2D eigenvalue weighted by molar-refractivity contribution is -0.0539. The van der Waals surface area contributed by atoms with Crippen molar-refractivity contribution in [1.82, 2.24) is 24.6 Å². The molecule has 2 aromatic heterocycles. The lowest BCUT2D eigenvalue weighted by Crippen LogP contribution is -2.48. The lowest BCUT2D eigenvalue weighted by atomic mass is 9.88. The second-order valence-corrected chi connectivity index (χ2v) is 7.37. The first kappa shape index (κ1) is 16.5. The van der Waals surface area contributed by atoms with Crippen LogP contribution in [0.2, 0.25) is 0 Å². The maximum Gasteiger partial charge on any atom is 0.148 e. The topological polar surface area (TPSA) is 68.1 Å². The van der Waals surface area contributed by atoms with E-state index in [0.717, 1.165) is 56.4 Å². The fraction of sp³-hybridized carbons (Fsp3) is 0.611. The van der Waals surface area contributed by atoms with Gasteiger partial charge in [-0.1, -0.05) is 0 Å². The van der Waals surface area contributed by atoms with Gasteiger partial charge >= 0.3 is 0 Å². The molecule has 2 fully saturated rings. The van der Waals surface area contributed by atoms with Crippen LogP contribution >= 0.6 is 0 Å². The van der Waals surface area contributed by atoms with Crippen molar-refractivity contribution in [2.24, 2.45) is 7.05 Å². The van der Waals surface area contributed by atoms with E-state index in [1.165, 1.54) is 6.42 Å². The summed E-state index contributed by atoms with van der Waals surface area (Å²) in [5.74, 6) is 1.94. The molecule has 0 bridgehead atoms. The van der Waals surface area contributed by atoms with Crippen LogP contribution < -0.4 is 5.32 Å². The lowest BCUT2D eigenvalue weighted by Gasteiger charge is -2.39. The van der Waals surface area contributed by atoms with Crippen molar-refractivity contribution in [3.63, 3.8) is 0 Å². The third-order valence-corrected chi connectivity index (χ3v) is 5.26. The van der Waals surface area contributed by atoms with Gasteiger partial charge in [0.25, 0.3) is 0 Å². The zero-order valence-corrected chi connectivity index (χ0v) is 15.0. The number of rotatable bonds is 4. The SMILES string of the molecule is Cc1ccc(N[C@@H]2CO[C@@]3(CCCN(Cc4nccn4C)C3)C2)nn1. The van der Waals surface area contributed by atoms with Crippen molar-refractivity contribution < 1.29 is 4.74 Å². The molecule has 2 aliphatic rings. The third-order valence-electron chi connectivity index (χ3n) is 5.26. The minimum atomic E-state index is -0.0425. The quantitative estimate of drug-likeness (QED) is 0.913. The van der Waals surface area contributed by atoms with Gasteiger partial charge in [0.1, 0.15) is 11.6 Å². The minimum absolute atomic E-state index is 0.0425. The van der Waals surface area contributed by atoms with Gasteiger partial charge in [0.05, 0.1) is 30.5 Å². The summed E-state index contributed by atoms with van der Waals surface area (Å²) in [7, 11) is 2.05. The van der Waals surface area contributed by atoms with Crippen molar-refractivity contribution >= 4 is 5.82 Å². The molecule has 0 saturated carbocycles. The second kappa shape index (κ2) is 6.72. The summed E-state index contributed by atoms with van der Waals surface area (Å²) in [6, 6.07) is 4.27. The Morgan fingerprint density at radius 2 is 2.28 bits per heavy atom. The second-order valence-electron chi connectivity index (χ2n) is 7.37. The average Bonchev–Trinajstić information content (AvgIpc) is 3.17. The number of piperidine rings is 1. The largest absolute Gasteiger partial charge is 0.371 e. The average molecular weight is 342 g/mol. The molecular weight excluding hydrogens is 316 g/mol. The van der Waals surface area contributed by atoms with E-state index in [4.69, 9.17) is 4.74 Å². The molecule has 0 aromatic carbocycles. The van der Waals surface area contributed by atoms with E-state index in [1.807, 2.05) is 31.5 Å². The van der Waals surface area contributed by atoms with Crippen LogP contribution in [0.25, 0.3) is 0 Å². The molecule has 25 heavy (non-hydrogen) atoms. The Bertz CT molecular complexity index is 715. The van der Waals surface area contributed by atoms with Crippen LogP contribution in [0, 0.1) is 6.92 Å². The van der Waals surface area contributed by atoms with Crippen molar-refractivity contribution in [3.8, 4) is 0 Å². The van der Waals surface area contributed by atoms with Gasteiger partial charge in [-0.15, -0.1) is 5.10 Å². The van der Waals surface area contributed by atoms with E-state index < -0.39 is 0 Å². The molecule has 1 spiro atoms. The predicted molar refractivity (Wildman–Crippen MR) is 95.2 cm³/mol. The highest BCUT2D eigenvalue weighted by Gasteiger charge is 2.43. The fourth-order valence-corrected chi connectivity index (χ4v) is 3.98. The first-order chi connectivity index (χ1) is 12.1. The number of aromatic nitrogens is 4. The summed E-state index contributed by atoms with van der Waals surface area (Å²) >= 11 is 0. The van der Waals surface area contributed by atoms with Gasteiger partial charge in [0.2, 0.25) is 0 Å². The summed E-state index contributed by atoms with van der Waals surface area (Å²) in [5.41, 5.74) is 0.890. The molecule has 7 nitrogen and oxygen atoms in total. The highest BCUT2D eigenvalue weighted by atomic mass is 16.5. The first-order valence-corrected chi connectivity index (χ1v) is 9.01. The normalized spacial score (nSPS) is 27.0. The summed E-state index contributed by atoms with van der Waals surface area (Å²) in [5, 5.41) is 11.8. The molecule has 4 rings (SSSR count). The zero-order valence-electron chi connectivity index (χ0n) is 15.0. The van der Waals surface area contributed by atoms with Crippen LogP contribution in [0.1, 0.15) is 30.8 Å². The summed E-state index contributed by atoms with van der Waals surface area (Å²) in [6.07, 6.45) is 7.18. The van der Waals surface area contributed by atoms with Crippen molar-refractivity contribution in [3.05, 3.63) is 36.0 Å². The van der Waals surface area contributed by atoms with Gasteiger partial charge in [-0.05, 0) is 38.4 Å². The Morgan fingerprint density at radius 1 is 1.36 bits per heavy atom.